The molecule has 0 unspecified atom stereocenters. The number of nitriles is 1. The minimum atomic E-state index is -4.55. The fourth-order valence-electron chi connectivity index (χ4n) is 2.34. The van der Waals surface area contributed by atoms with Gasteiger partial charge in [-0.1, -0.05) is 23.2 Å². The van der Waals surface area contributed by atoms with E-state index in [4.69, 9.17) is 35.9 Å². The van der Waals surface area contributed by atoms with Crippen molar-refractivity contribution in [1.82, 2.24) is 9.62 Å². The molecule has 3 rings (SSSR count). The van der Waals surface area contributed by atoms with Gasteiger partial charge in [-0.2, -0.15) is 9.57 Å². The summed E-state index contributed by atoms with van der Waals surface area (Å²) in [5.41, 5.74) is 0.0158. The number of carbonyl (C=O) groups is 1. The number of benzene rings is 2. The van der Waals surface area contributed by atoms with Gasteiger partial charge in [0.05, 0.1) is 18.2 Å². The molecule has 0 saturated carbocycles. The van der Waals surface area contributed by atoms with Crippen LogP contribution in [0, 0.1) is 11.3 Å². The van der Waals surface area contributed by atoms with Crippen LogP contribution in [0.25, 0.3) is 0 Å². The number of nitrogens with zero attached hydrogens (tertiary/aromatic N) is 2. The monoisotopic (exact) mass is 427 g/mol. The van der Waals surface area contributed by atoms with Crippen LogP contribution >= 0.6 is 23.2 Å². The fraction of sp³-hybridized carbons (Fsp3) is 0.176. The highest BCUT2D eigenvalue weighted by Crippen LogP contribution is 2.34. The maximum absolute atomic E-state index is 13.2. The van der Waals surface area contributed by atoms with Crippen molar-refractivity contribution in [2.75, 3.05) is 19.6 Å². The van der Waals surface area contributed by atoms with Gasteiger partial charge in [0.15, 0.2) is 0 Å². The summed E-state index contributed by atoms with van der Waals surface area (Å²) >= 11 is 11.9. The SMILES string of the molecule is [2H]C1([2H])CNC(=O)CN1S(=O)(=O)c1cc(C#N)ccc1Oc1cc(Cl)cc(Cl)c1. The summed E-state index contributed by atoms with van der Waals surface area (Å²) in [5, 5.41) is 12.0. The summed E-state index contributed by atoms with van der Waals surface area (Å²) in [6.07, 6.45) is 0. The molecular formula is C17H13Cl2N3O4S. The number of halogens is 2. The summed E-state index contributed by atoms with van der Waals surface area (Å²) in [5.74, 6) is -0.684. The highest BCUT2D eigenvalue weighted by molar-refractivity contribution is 7.89. The van der Waals surface area contributed by atoms with E-state index < -0.39 is 40.4 Å². The molecule has 1 fully saturated rings. The van der Waals surface area contributed by atoms with Gasteiger partial charge in [-0.3, -0.25) is 4.79 Å². The van der Waals surface area contributed by atoms with Crippen LogP contribution in [0.4, 0.5) is 0 Å². The molecule has 0 atom stereocenters. The van der Waals surface area contributed by atoms with Crippen LogP contribution in [-0.4, -0.2) is 38.2 Å². The Morgan fingerprint density at radius 2 is 1.93 bits per heavy atom. The molecule has 1 aliphatic rings. The molecule has 0 bridgehead atoms. The van der Waals surface area contributed by atoms with Gasteiger partial charge >= 0.3 is 0 Å². The van der Waals surface area contributed by atoms with Gasteiger partial charge in [-0.05, 0) is 36.4 Å². The molecule has 10 heteroatoms. The van der Waals surface area contributed by atoms with Crippen LogP contribution in [0.1, 0.15) is 8.30 Å². The Hall–Kier alpha value is -2.31. The molecule has 0 aliphatic carbocycles. The number of amides is 1. The number of piperazine rings is 1. The Labute approximate surface area is 168 Å². The third-order valence-corrected chi connectivity index (χ3v) is 5.68. The van der Waals surface area contributed by atoms with E-state index in [1.54, 1.807) is 0 Å². The third kappa shape index (κ3) is 4.34. The average Bonchev–Trinajstić information content (AvgIpc) is 2.63. The van der Waals surface area contributed by atoms with Crippen molar-refractivity contribution < 1.29 is 20.7 Å². The summed E-state index contributed by atoms with van der Waals surface area (Å²) in [7, 11) is -4.55. The minimum absolute atomic E-state index is 0.0158. The molecule has 2 aromatic rings. The van der Waals surface area contributed by atoms with Crippen LogP contribution in [-0.2, 0) is 14.8 Å². The molecule has 1 heterocycles. The largest absolute Gasteiger partial charge is 0.456 e. The van der Waals surface area contributed by atoms with E-state index in [0.29, 0.717) is 4.31 Å². The Morgan fingerprint density at radius 3 is 2.59 bits per heavy atom. The minimum Gasteiger partial charge on any atom is -0.456 e. The number of nitrogens with one attached hydrogen (secondary N) is 1. The second kappa shape index (κ2) is 7.74. The zero-order chi connectivity index (χ0) is 21.4. The summed E-state index contributed by atoms with van der Waals surface area (Å²) in [6, 6.07) is 9.78. The zero-order valence-corrected chi connectivity index (χ0v) is 15.9. The van der Waals surface area contributed by atoms with Crippen LogP contribution in [0.2, 0.25) is 10.0 Å². The van der Waals surface area contributed by atoms with Gasteiger partial charge < -0.3 is 10.1 Å². The van der Waals surface area contributed by atoms with Crippen molar-refractivity contribution in [3.63, 3.8) is 0 Å². The maximum atomic E-state index is 13.2. The molecule has 1 aliphatic heterocycles. The molecule has 1 amide bonds. The van der Waals surface area contributed by atoms with Gasteiger partial charge in [0.2, 0.25) is 15.9 Å². The van der Waals surface area contributed by atoms with Gasteiger partial charge in [0.25, 0.3) is 0 Å². The topological polar surface area (TPSA) is 99.5 Å². The Bertz CT molecular complexity index is 1120. The van der Waals surface area contributed by atoms with E-state index in [9.17, 15) is 13.2 Å². The van der Waals surface area contributed by atoms with Crippen LogP contribution < -0.4 is 10.1 Å². The van der Waals surface area contributed by atoms with E-state index >= 15 is 0 Å². The Morgan fingerprint density at radius 1 is 1.22 bits per heavy atom. The van der Waals surface area contributed by atoms with Gasteiger partial charge in [0, 0.05) is 25.8 Å². The van der Waals surface area contributed by atoms with E-state index in [1.807, 2.05) is 6.07 Å². The second-order valence-electron chi connectivity index (χ2n) is 5.43. The lowest BCUT2D eigenvalue weighted by atomic mass is 10.2. The van der Waals surface area contributed by atoms with Crippen LogP contribution in [0.5, 0.6) is 11.5 Å². The molecule has 1 saturated heterocycles. The summed E-state index contributed by atoms with van der Waals surface area (Å²) < 4.78 is 48.5. The van der Waals surface area contributed by atoms with Crippen LogP contribution in [0.15, 0.2) is 41.3 Å². The first-order valence-electron chi connectivity index (χ1n) is 8.50. The highest BCUT2D eigenvalue weighted by atomic mass is 35.5. The summed E-state index contributed by atoms with van der Waals surface area (Å²) in [4.78, 5) is 11.2. The zero-order valence-electron chi connectivity index (χ0n) is 15.6. The van der Waals surface area contributed by atoms with Gasteiger partial charge in [-0.25, -0.2) is 8.42 Å². The van der Waals surface area contributed by atoms with Crippen LogP contribution in [0.3, 0.4) is 0 Å². The Balaban J connectivity index is 2.12. The fourth-order valence-corrected chi connectivity index (χ4v) is 4.24. The normalized spacial score (nSPS) is 18.0. The molecule has 1 N–H and O–H groups in total. The van der Waals surface area contributed by atoms with E-state index in [2.05, 4.69) is 5.32 Å². The lowest BCUT2D eigenvalue weighted by molar-refractivity contribution is -0.122. The smallest absolute Gasteiger partial charge is 0.247 e. The van der Waals surface area contributed by atoms with Gasteiger partial charge in [0.1, 0.15) is 16.4 Å². The number of hydrogen-bond acceptors (Lipinski definition) is 5. The number of sulfonamides is 1. The first kappa shape index (κ1) is 16.8. The number of hydrogen-bond donors (Lipinski definition) is 1. The van der Waals surface area contributed by atoms with Crippen molar-refractivity contribution in [3.05, 3.63) is 52.0 Å². The molecule has 0 spiro atoms. The first-order valence-corrected chi connectivity index (χ1v) is 9.70. The van der Waals surface area contributed by atoms with Crippen molar-refractivity contribution in [2.24, 2.45) is 0 Å². The quantitative estimate of drug-likeness (QED) is 0.808. The standard InChI is InChI=1S/C17H13Cl2N3O4S/c18-12-6-13(19)8-14(7-12)26-15-2-1-11(9-20)5-16(15)27(24,25)22-4-3-21-17(23)10-22/h1-2,5-8H,3-4,10H2,(H,21,23)/i4D2. The molecule has 0 radical (unpaired) electrons. The van der Waals surface area contributed by atoms with Gasteiger partial charge in [-0.15, -0.1) is 0 Å². The number of carbonyl (C=O) groups excluding carboxylic acids is 1. The second-order valence-corrected chi connectivity index (χ2v) is 8.13. The molecule has 27 heavy (non-hydrogen) atoms. The maximum Gasteiger partial charge on any atom is 0.247 e. The predicted molar refractivity (Wildman–Crippen MR) is 99.5 cm³/mol. The van der Waals surface area contributed by atoms with Crippen molar-refractivity contribution in [1.29, 1.82) is 5.26 Å². The Kier molecular flexibility index (Phi) is 4.83. The summed E-state index contributed by atoms with van der Waals surface area (Å²) in [6.45, 7) is -3.59. The molecule has 140 valence electrons. The lowest BCUT2D eigenvalue weighted by Gasteiger charge is -2.26. The van der Waals surface area contributed by atoms with Crippen molar-refractivity contribution in [2.45, 2.75) is 4.90 Å². The molecular weight excluding hydrogens is 413 g/mol. The third-order valence-electron chi connectivity index (χ3n) is 3.53. The number of ether oxygens (including phenoxy) is 1. The van der Waals surface area contributed by atoms with E-state index in [0.717, 1.165) is 6.07 Å². The van der Waals surface area contributed by atoms with E-state index in [-0.39, 0.29) is 27.1 Å². The number of rotatable bonds is 4. The molecule has 7 nitrogen and oxygen atoms in total. The van der Waals surface area contributed by atoms with Crippen molar-refractivity contribution in [3.8, 4) is 17.6 Å². The highest BCUT2D eigenvalue weighted by Gasteiger charge is 2.32. The van der Waals surface area contributed by atoms with Crippen molar-refractivity contribution >= 4 is 39.1 Å². The lowest BCUT2D eigenvalue weighted by Crippen LogP contribution is -2.49. The predicted octanol–water partition coefficient (Wildman–Crippen LogP) is 2.78. The first-order chi connectivity index (χ1) is 13.5. The molecule has 2 aromatic carbocycles. The molecule has 0 aromatic heterocycles. The average molecular weight is 428 g/mol. The van der Waals surface area contributed by atoms with E-state index in [1.165, 1.54) is 30.3 Å².